The van der Waals surface area contributed by atoms with Crippen molar-refractivity contribution in [2.75, 3.05) is 43.5 Å². The number of thiol groups is 1. The number of hydrogen-bond donors (Lipinski definition) is 11. The minimum atomic E-state index is -5.57. The number of aromatic nitrogens is 4. The van der Waals surface area contributed by atoms with Crippen molar-refractivity contribution in [1.82, 2.24) is 30.2 Å². The lowest BCUT2D eigenvalue weighted by Gasteiger charge is -2.30. The lowest BCUT2D eigenvalue weighted by molar-refractivity contribution is -0.137. The molecule has 54 heavy (non-hydrogen) atoms. The Labute approximate surface area is 316 Å². The summed E-state index contributed by atoms with van der Waals surface area (Å²) < 4.78 is 61.9. The molecule has 306 valence electrons. The number of ether oxygens (including phenoxy) is 1. The summed E-state index contributed by atoms with van der Waals surface area (Å²) in [4.78, 5) is 87.0. The number of nitrogens with two attached hydrogens (primary N) is 2. The molecule has 25 nitrogen and oxygen atoms in total. The van der Waals surface area contributed by atoms with Gasteiger partial charge in [-0.3, -0.25) is 32.5 Å². The van der Waals surface area contributed by atoms with Gasteiger partial charge < -0.3 is 56.6 Å². The Morgan fingerprint density at radius 2 is 1.76 bits per heavy atom. The van der Waals surface area contributed by atoms with Crippen molar-refractivity contribution >= 4 is 81.8 Å². The maximum Gasteiger partial charge on any atom is 0.481 e. The Morgan fingerprint density at radius 3 is 2.41 bits per heavy atom. The first kappa shape index (κ1) is 46.3. The van der Waals surface area contributed by atoms with Crippen LogP contribution in [0.2, 0.25) is 0 Å². The van der Waals surface area contributed by atoms with Gasteiger partial charge >= 0.3 is 23.5 Å². The molecule has 0 saturated carbocycles. The largest absolute Gasteiger partial charge is 0.481 e. The molecule has 1 aliphatic heterocycles. The van der Waals surface area contributed by atoms with Crippen molar-refractivity contribution in [3.8, 4) is 0 Å². The van der Waals surface area contributed by atoms with Crippen LogP contribution in [0.1, 0.15) is 26.5 Å². The third-order valence-electron chi connectivity index (χ3n) is 7.25. The van der Waals surface area contributed by atoms with Crippen molar-refractivity contribution < 1.29 is 80.5 Å². The number of anilines is 1. The monoisotopic (exact) mass is 870 g/mol. The van der Waals surface area contributed by atoms with E-state index in [1.54, 1.807) is 0 Å². The molecule has 2 amide bonds. The Kier molecular flexibility index (Phi) is 16.6. The van der Waals surface area contributed by atoms with Crippen molar-refractivity contribution in [1.29, 1.82) is 0 Å². The second-order valence-corrected chi connectivity index (χ2v) is 17.7. The molecule has 1 fully saturated rings. The zero-order chi connectivity index (χ0) is 40.6. The summed E-state index contributed by atoms with van der Waals surface area (Å²) >= 11 is 4.86. The highest BCUT2D eigenvalue weighted by Gasteiger charge is 2.50. The minimum absolute atomic E-state index is 0.0267. The Hall–Kier alpha value is -2.13. The van der Waals surface area contributed by atoms with Crippen LogP contribution in [0.4, 0.5) is 5.82 Å². The number of nitrogens with one attached hydrogen (secondary N) is 2. The number of fused-ring (bicyclic) bond motifs is 1. The van der Waals surface area contributed by atoms with E-state index in [0.29, 0.717) is 0 Å². The quantitative estimate of drug-likeness (QED) is 0.0364. The maximum atomic E-state index is 12.6. The molecule has 1 aliphatic rings. The summed E-state index contributed by atoms with van der Waals surface area (Å²) in [5.74, 6) is -1.08. The molecule has 1 saturated heterocycles. The van der Waals surface area contributed by atoms with Gasteiger partial charge in [-0.15, -0.1) is 0 Å². The number of phosphoric ester groups is 3. The number of hydrogen-bond acceptors (Lipinski definition) is 20. The van der Waals surface area contributed by atoms with Gasteiger partial charge in [0.25, 0.3) is 0 Å². The average molecular weight is 871 g/mol. The van der Waals surface area contributed by atoms with E-state index in [1.807, 2.05) is 0 Å². The predicted molar refractivity (Wildman–Crippen MR) is 189 cm³/mol. The van der Waals surface area contributed by atoms with Gasteiger partial charge in [-0.05, 0) is 0 Å². The van der Waals surface area contributed by atoms with E-state index in [9.17, 15) is 57.9 Å². The van der Waals surface area contributed by atoms with Crippen molar-refractivity contribution in [2.24, 2.45) is 11.1 Å². The van der Waals surface area contributed by atoms with Gasteiger partial charge in [0, 0.05) is 36.4 Å². The van der Waals surface area contributed by atoms with Crippen LogP contribution in [-0.2, 0) is 50.7 Å². The molecule has 0 radical (unpaired) electrons. The molecule has 0 spiro atoms. The van der Waals surface area contributed by atoms with Gasteiger partial charge in [0.05, 0.1) is 25.6 Å². The standard InChI is InChI=1S/C24H41N8O17P3S2/c1-24(2,18(35)21(36)28-4-3-14(33)27-5-6-54-23(37)12(25)8-53)9-46-52(43,44)49-51(41,42)45-7-13-17(48-50(38,39)40)16(34)22(47-13)32-11-31-15-19(26)29-10-30-20(15)32/h10-13,16-18,22,34-35,53H,3-9,25H2,1-2H3,(H,27,33)(H,28,36)(H,41,42)(H,43,44)(H2,26,29,30)(H2,38,39,40)/t12-,13?,16?,17?,18?,22?/m0/s1. The van der Waals surface area contributed by atoms with Gasteiger partial charge in [-0.1, -0.05) is 25.6 Å². The molecule has 0 bridgehead atoms. The van der Waals surface area contributed by atoms with Crippen LogP contribution in [0, 0.1) is 5.41 Å². The molecule has 0 aromatic carbocycles. The number of nitrogens with zero attached hydrogens (tertiary/aromatic N) is 4. The number of carbonyl (C=O) groups is 3. The molecule has 30 heteroatoms. The summed E-state index contributed by atoms with van der Waals surface area (Å²) in [7, 11) is -16.4. The summed E-state index contributed by atoms with van der Waals surface area (Å²) in [6.45, 7) is 0.371. The first-order valence-corrected chi connectivity index (χ1v) is 21.5. The summed E-state index contributed by atoms with van der Waals surface area (Å²) in [6.07, 6.45) is -6.97. The Balaban J connectivity index is 1.51. The second-order valence-electron chi connectivity index (χ2n) is 12.0. The number of rotatable bonds is 21. The molecular formula is C24H41N8O17P3S2. The topological polar surface area (TPSA) is 390 Å². The van der Waals surface area contributed by atoms with Gasteiger partial charge in [0.2, 0.25) is 16.9 Å². The van der Waals surface area contributed by atoms with E-state index in [0.717, 1.165) is 29.0 Å². The van der Waals surface area contributed by atoms with Crippen LogP contribution in [0.3, 0.4) is 0 Å². The molecule has 2 aromatic rings. The van der Waals surface area contributed by atoms with Crippen LogP contribution < -0.4 is 22.1 Å². The lowest BCUT2D eigenvalue weighted by atomic mass is 9.87. The average Bonchev–Trinajstić information content (AvgIpc) is 3.64. The number of thioether (sulfide) groups is 1. The molecule has 2 aromatic heterocycles. The molecule has 7 unspecified atom stereocenters. The number of carbonyl (C=O) groups excluding carboxylic acids is 3. The van der Waals surface area contributed by atoms with Crippen LogP contribution in [0.5, 0.6) is 0 Å². The van der Waals surface area contributed by atoms with Gasteiger partial charge in [-0.2, -0.15) is 16.9 Å². The van der Waals surface area contributed by atoms with Crippen LogP contribution in [0.15, 0.2) is 12.7 Å². The number of amides is 2. The SMILES string of the molecule is CC(C)(COP(=O)(O)OP(=O)(O)OCC1OC(n2cnc3c(N)ncnc32)C(O)C1OP(=O)(O)O)C(O)C(=O)NCCC(=O)NCCSC(=O)[C@@H](N)CS. The highest BCUT2D eigenvalue weighted by atomic mass is 32.2. The van der Waals surface area contributed by atoms with E-state index in [4.69, 9.17) is 25.3 Å². The highest BCUT2D eigenvalue weighted by Crippen LogP contribution is 2.61. The number of aliphatic hydroxyl groups is 2. The van der Waals surface area contributed by atoms with Crippen LogP contribution in [0.25, 0.3) is 11.2 Å². The fourth-order valence-electron chi connectivity index (χ4n) is 4.46. The molecule has 8 atom stereocenters. The number of imidazole rings is 1. The van der Waals surface area contributed by atoms with Crippen molar-refractivity contribution in [3.05, 3.63) is 12.7 Å². The molecular weight excluding hydrogens is 829 g/mol. The van der Waals surface area contributed by atoms with Crippen LogP contribution >= 0.6 is 47.9 Å². The lowest BCUT2D eigenvalue weighted by Crippen LogP contribution is -2.46. The predicted octanol–water partition coefficient (Wildman–Crippen LogP) is -2.08. The normalized spacial score (nSPS) is 22.6. The van der Waals surface area contributed by atoms with E-state index in [2.05, 4.69) is 47.0 Å². The van der Waals surface area contributed by atoms with E-state index in [1.165, 1.54) is 13.8 Å². The van der Waals surface area contributed by atoms with E-state index >= 15 is 0 Å². The summed E-state index contributed by atoms with van der Waals surface area (Å²) in [5, 5.41) is 25.9. The zero-order valence-corrected chi connectivity index (χ0v) is 32.8. The minimum Gasteiger partial charge on any atom is -0.386 e. The smallest absolute Gasteiger partial charge is 0.386 e. The van der Waals surface area contributed by atoms with Gasteiger partial charge in [-0.25, -0.2) is 28.6 Å². The molecule has 3 rings (SSSR count). The van der Waals surface area contributed by atoms with Crippen molar-refractivity contribution in [2.45, 2.75) is 57.0 Å². The first-order chi connectivity index (χ1) is 25.0. The number of phosphoric acid groups is 3. The van der Waals surface area contributed by atoms with Gasteiger partial charge in [0.1, 0.15) is 36.3 Å². The summed E-state index contributed by atoms with van der Waals surface area (Å²) in [6, 6.07) is -0.731. The zero-order valence-electron chi connectivity index (χ0n) is 28.4. The molecule has 12 N–H and O–H groups in total. The fourth-order valence-corrected chi connectivity index (χ4v) is 8.28. The second kappa shape index (κ2) is 19.3. The molecule has 3 heterocycles. The molecule has 0 aliphatic carbocycles. The van der Waals surface area contributed by atoms with E-state index < -0.39 is 90.6 Å². The fraction of sp³-hybridized carbons (Fsp3) is 0.667. The van der Waals surface area contributed by atoms with Gasteiger partial charge in [0.15, 0.2) is 17.7 Å². The Bertz CT molecular complexity index is 1790. The maximum absolute atomic E-state index is 12.6. The van der Waals surface area contributed by atoms with Crippen molar-refractivity contribution in [3.63, 3.8) is 0 Å². The number of nitrogen functional groups attached to an aromatic ring is 1. The van der Waals surface area contributed by atoms with E-state index in [-0.39, 0.29) is 53.1 Å². The Morgan fingerprint density at radius 1 is 1.09 bits per heavy atom. The third-order valence-corrected chi connectivity index (χ3v) is 11.7. The first-order valence-electron chi connectivity index (χ1n) is 15.4. The number of aliphatic hydroxyl groups excluding tert-OH is 2. The van der Waals surface area contributed by atoms with Crippen LogP contribution in [-0.4, -0.2) is 135 Å². The summed E-state index contributed by atoms with van der Waals surface area (Å²) in [5.41, 5.74) is 9.79. The highest BCUT2D eigenvalue weighted by molar-refractivity contribution is 8.13. The third kappa shape index (κ3) is 13.5.